The maximum atomic E-state index is 8.25. The molecule has 2 nitrogen and oxygen atoms in total. The van der Waals surface area contributed by atoms with E-state index in [1.165, 1.54) is 16.4 Å². The van der Waals surface area contributed by atoms with Crippen molar-refractivity contribution in [1.82, 2.24) is 0 Å². The topological polar surface area (TPSA) is 46.1 Å². The van der Waals surface area contributed by atoms with E-state index in [2.05, 4.69) is 45.9 Å². The first-order valence-corrected chi connectivity index (χ1v) is 7.21. The zero-order valence-electron chi connectivity index (χ0n) is 12.6. The van der Waals surface area contributed by atoms with Gasteiger partial charge in [-0.25, -0.2) is 6.08 Å². The van der Waals surface area contributed by atoms with Crippen molar-refractivity contribution >= 4 is 12.8 Å². The van der Waals surface area contributed by atoms with Crippen LogP contribution in [0.3, 0.4) is 0 Å². The van der Waals surface area contributed by atoms with Crippen LogP contribution in [0.4, 0.5) is 0 Å². The zero-order chi connectivity index (χ0) is 14.3. The van der Waals surface area contributed by atoms with Gasteiger partial charge in [-0.1, -0.05) is 0 Å². The van der Waals surface area contributed by atoms with Gasteiger partial charge in [-0.15, -0.1) is 14.0 Å². The van der Waals surface area contributed by atoms with Crippen LogP contribution >= 0.6 is 7.53 Å². The smallest absolute Gasteiger partial charge is 0.857 e. The Morgan fingerprint density at radius 1 is 0.947 bits per heavy atom. The quantitative estimate of drug-likeness (QED) is 0.590. The van der Waals surface area contributed by atoms with E-state index in [1.807, 2.05) is 0 Å². The van der Waals surface area contributed by atoms with E-state index in [0.29, 0.717) is 0 Å². The van der Waals surface area contributed by atoms with Crippen molar-refractivity contribution in [3.05, 3.63) is 39.9 Å². The van der Waals surface area contributed by atoms with Gasteiger partial charge in [0.15, 0.2) is 0 Å². The minimum atomic E-state index is -0.169. The summed E-state index contributed by atoms with van der Waals surface area (Å²) in [7, 11) is 1.33. The molecule has 1 aromatic heterocycles. The standard InChI is InChI=1S/C13H16P.2CH3O.Ti/c1-9-10(2)12(4)14(11(9)3)13-7-5-6-8-13;2*1-2;/h5,7H,6H2,1-4H3;2*1H3;/q3*-1;+3. The van der Waals surface area contributed by atoms with Gasteiger partial charge >= 0.3 is 21.7 Å². The minimum Gasteiger partial charge on any atom is -0.857 e. The van der Waals surface area contributed by atoms with Crippen molar-refractivity contribution in [2.24, 2.45) is 0 Å². The number of hydrogen-bond acceptors (Lipinski definition) is 2. The van der Waals surface area contributed by atoms with Gasteiger partial charge in [0.1, 0.15) is 0 Å². The molecule has 19 heavy (non-hydrogen) atoms. The molecule has 1 heterocycles. The molecule has 0 aliphatic heterocycles. The molecule has 2 rings (SSSR count). The molecular weight excluding hydrogens is 291 g/mol. The first-order chi connectivity index (χ1) is 8.63. The van der Waals surface area contributed by atoms with Gasteiger partial charge < -0.3 is 10.2 Å². The Morgan fingerprint density at radius 2 is 1.37 bits per heavy atom. The Labute approximate surface area is 133 Å². The van der Waals surface area contributed by atoms with Gasteiger partial charge in [0.2, 0.25) is 0 Å². The summed E-state index contributed by atoms with van der Waals surface area (Å²) in [6, 6.07) is 0. The van der Waals surface area contributed by atoms with Crippen LogP contribution in [0.5, 0.6) is 0 Å². The van der Waals surface area contributed by atoms with Gasteiger partial charge in [-0.2, -0.15) is 25.6 Å². The Morgan fingerprint density at radius 3 is 1.68 bits per heavy atom. The number of rotatable bonds is 1. The summed E-state index contributed by atoms with van der Waals surface area (Å²) in [4.78, 5) is 0. The molecule has 1 aromatic rings. The molecule has 0 unspecified atom stereocenters. The largest absolute Gasteiger partial charge is 3.00 e. The molecule has 0 N–H and O–H groups in total. The zero-order valence-corrected chi connectivity index (χ0v) is 15.1. The first-order valence-electron chi connectivity index (χ1n) is 5.87. The third kappa shape index (κ3) is 4.74. The van der Waals surface area contributed by atoms with E-state index in [-0.39, 0.29) is 29.3 Å². The van der Waals surface area contributed by atoms with Crippen molar-refractivity contribution in [3.8, 4) is 0 Å². The number of allylic oxidation sites excluding steroid dienone is 4. The van der Waals surface area contributed by atoms with Crippen LogP contribution in [0.1, 0.15) is 28.1 Å². The number of hydrogen-bond donors (Lipinski definition) is 0. The minimum absolute atomic E-state index is 0. The fourth-order valence-corrected chi connectivity index (χ4v) is 4.77. The summed E-state index contributed by atoms with van der Waals surface area (Å²) in [6.07, 6.45) is 8.94. The van der Waals surface area contributed by atoms with Crippen molar-refractivity contribution in [3.63, 3.8) is 0 Å². The van der Waals surface area contributed by atoms with Crippen LogP contribution < -0.4 is 10.2 Å². The normalized spacial score (nSPS) is 11.7. The summed E-state index contributed by atoms with van der Waals surface area (Å²) in [5, 5.41) is 21.1. The van der Waals surface area contributed by atoms with Gasteiger partial charge in [-0.05, 0) is 49.4 Å². The maximum absolute atomic E-state index is 8.25. The second-order valence-electron chi connectivity index (χ2n) is 3.92. The Balaban J connectivity index is 0. The second-order valence-corrected chi connectivity index (χ2v) is 6.42. The monoisotopic (exact) mass is 313 g/mol. The molecule has 1 aliphatic carbocycles. The van der Waals surface area contributed by atoms with Gasteiger partial charge in [0.25, 0.3) is 0 Å². The van der Waals surface area contributed by atoms with Crippen LogP contribution in [0, 0.1) is 33.8 Å². The summed E-state index contributed by atoms with van der Waals surface area (Å²) in [5.41, 5.74) is 3.01. The van der Waals surface area contributed by atoms with Gasteiger partial charge in [0, 0.05) is 0 Å². The molecule has 0 amide bonds. The molecule has 0 saturated heterocycles. The van der Waals surface area contributed by atoms with E-state index < -0.39 is 0 Å². The Hall–Kier alpha value is -0.106. The molecule has 4 heteroatoms. The van der Waals surface area contributed by atoms with E-state index in [0.717, 1.165) is 20.6 Å². The summed E-state index contributed by atoms with van der Waals surface area (Å²) < 4.78 is 0. The van der Waals surface area contributed by atoms with Gasteiger partial charge in [0.05, 0.1) is 0 Å². The molecule has 103 valence electrons. The fourth-order valence-electron chi connectivity index (χ4n) is 2.04. The van der Waals surface area contributed by atoms with E-state index in [4.69, 9.17) is 10.2 Å². The third-order valence-electron chi connectivity index (χ3n) is 3.24. The van der Waals surface area contributed by atoms with Crippen LogP contribution in [0.25, 0.3) is 5.31 Å². The first kappa shape index (κ1) is 21.2. The Bertz CT molecular complexity index is 420. The molecular formula is C15H22O2PTi. The predicted octanol–water partition coefficient (Wildman–Crippen LogP) is 2.46. The summed E-state index contributed by atoms with van der Waals surface area (Å²) in [6.45, 7) is 9.05. The molecule has 0 atom stereocenters. The van der Waals surface area contributed by atoms with Crippen molar-refractivity contribution in [2.75, 3.05) is 14.2 Å². The van der Waals surface area contributed by atoms with Crippen molar-refractivity contribution in [2.45, 2.75) is 34.1 Å². The average molecular weight is 313 g/mol. The molecule has 1 radical (unpaired) electrons. The van der Waals surface area contributed by atoms with Crippen LogP contribution in [0.15, 0.2) is 12.2 Å². The van der Waals surface area contributed by atoms with Crippen LogP contribution in [0.2, 0.25) is 0 Å². The average Bonchev–Trinajstić information content (AvgIpc) is 3.00. The molecule has 0 aromatic carbocycles. The third-order valence-corrected chi connectivity index (χ3v) is 6.04. The summed E-state index contributed by atoms with van der Waals surface area (Å²) >= 11 is 0. The molecule has 0 saturated carbocycles. The van der Waals surface area contributed by atoms with Crippen LogP contribution in [-0.2, 0) is 21.7 Å². The molecule has 1 aliphatic rings. The molecule has 0 spiro atoms. The van der Waals surface area contributed by atoms with Crippen molar-refractivity contribution < 1.29 is 31.9 Å². The van der Waals surface area contributed by atoms with Gasteiger partial charge in [-0.3, -0.25) is 6.08 Å². The van der Waals surface area contributed by atoms with Crippen LogP contribution in [-0.4, -0.2) is 14.2 Å². The molecule has 0 fully saturated rings. The van der Waals surface area contributed by atoms with E-state index in [1.54, 1.807) is 10.6 Å². The summed E-state index contributed by atoms with van der Waals surface area (Å²) in [5.74, 6) is 0. The fraction of sp³-hybridized carbons (Fsp3) is 0.467. The van der Waals surface area contributed by atoms with E-state index >= 15 is 0 Å². The van der Waals surface area contributed by atoms with Crippen molar-refractivity contribution in [1.29, 1.82) is 0 Å². The second kappa shape index (κ2) is 10.7. The SMILES string of the molecule is C[O-].C[O-].Cc1c(C)c(C)p(C2=[C-]CC=C2)c1C.[Ti+3]. The Kier molecular flexibility index (Phi) is 11.9. The predicted molar refractivity (Wildman–Crippen MR) is 76.6 cm³/mol. The molecule has 0 bridgehead atoms. The van der Waals surface area contributed by atoms with E-state index in [9.17, 15) is 0 Å². The maximum Gasteiger partial charge on any atom is 3.00 e.